The number of rotatable bonds is 6. The van der Waals surface area contributed by atoms with Gasteiger partial charge < -0.3 is 4.90 Å². The largest absolute Gasteiger partial charge is 0.355 e. The summed E-state index contributed by atoms with van der Waals surface area (Å²) in [4.78, 5) is 11.7. The number of nitrogens with two attached hydrogens (primary N) is 1. The topological polar surface area (TPSA) is 101 Å². The molecule has 1 aliphatic rings. The maximum Gasteiger partial charge on any atom is 0.274 e. The second-order valence-electron chi connectivity index (χ2n) is 7.83. The fourth-order valence-electron chi connectivity index (χ4n) is 3.67. The Bertz CT molecular complexity index is 1190. The maximum absolute atomic E-state index is 13.3. The van der Waals surface area contributed by atoms with Crippen LogP contribution in [0, 0.1) is 25.6 Å². The van der Waals surface area contributed by atoms with Crippen molar-refractivity contribution in [2.75, 3.05) is 24.5 Å². The van der Waals surface area contributed by atoms with Gasteiger partial charge in [-0.25, -0.2) is 24.2 Å². The molecule has 2 aromatic carbocycles. The summed E-state index contributed by atoms with van der Waals surface area (Å²) >= 11 is 0. The van der Waals surface area contributed by atoms with Gasteiger partial charge in [0, 0.05) is 30.6 Å². The lowest BCUT2D eigenvalue weighted by Crippen LogP contribution is -2.48. The Labute approximate surface area is 175 Å². The highest BCUT2D eigenvalue weighted by atomic mass is 32.2. The standard InChI is InChI=1S/C21H24FN5O2S/c1-13-9-18-19(10-14(13)2)25-20(16-3-5-17(22)6-4-16)26-21(18)27-11-15(12-27)7-8-24-30(23,28)29/h3-6,9-10,15,24H,7-8,11-12H2,1-2H3,(H2,23,28,29). The zero-order valence-corrected chi connectivity index (χ0v) is 17.7. The SMILES string of the molecule is Cc1cc2nc(-c3ccc(F)cc3)nc(N3CC(CCNS(N)(=O)=O)C3)c2cc1C. The van der Waals surface area contributed by atoms with E-state index in [9.17, 15) is 12.8 Å². The lowest BCUT2D eigenvalue weighted by molar-refractivity contribution is 0.382. The van der Waals surface area contributed by atoms with Crippen molar-refractivity contribution in [3.05, 3.63) is 53.3 Å². The van der Waals surface area contributed by atoms with Crippen LogP contribution in [0.15, 0.2) is 36.4 Å². The highest BCUT2D eigenvalue weighted by molar-refractivity contribution is 7.87. The van der Waals surface area contributed by atoms with E-state index in [4.69, 9.17) is 15.1 Å². The quantitative estimate of drug-likeness (QED) is 0.627. The Morgan fingerprint density at radius 1 is 1.13 bits per heavy atom. The van der Waals surface area contributed by atoms with Crippen LogP contribution in [-0.2, 0) is 10.2 Å². The molecule has 0 aliphatic carbocycles. The molecule has 9 heteroatoms. The molecule has 0 radical (unpaired) electrons. The third-order valence-corrected chi connectivity index (χ3v) is 6.11. The Balaban J connectivity index is 1.63. The molecule has 0 spiro atoms. The molecular formula is C21H24FN5O2S. The van der Waals surface area contributed by atoms with Gasteiger partial charge in [0.15, 0.2) is 5.82 Å². The van der Waals surface area contributed by atoms with Crippen LogP contribution in [0.2, 0.25) is 0 Å². The minimum absolute atomic E-state index is 0.301. The van der Waals surface area contributed by atoms with Gasteiger partial charge in [-0.2, -0.15) is 8.42 Å². The molecule has 3 N–H and O–H groups in total. The molecule has 0 amide bonds. The fourth-order valence-corrected chi connectivity index (χ4v) is 4.07. The molecule has 1 aromatic heterocycles. The molecular weight excluding hydrogens is 405 g/mol. The van der Waals surface area contributed by atoms with Gasteiger partial charge in [0.25, 0.3) is 10.2 Å². The van der Waals surface area contributed by atoms with E-state index in [1.54, 1.807) is 12.1 Å². The van der Waals surface area contributed by atoms with Crippen LogP contribution in [0.1, 0.15) is 17.5 Å². The second-order valence-corrected chi connectivity index (χ2v) is 9.21. The number of nitrogens with one attached hydrogen (secondary N) is 1. The van der Waals surface area contributed by atoms with Crippen LogP contribution in [0.4, 0.5) is 10.2 Å². The Morgan fingerprint density at radius 3 is 2.47 bits per heavy atom. The average Bonchev–Trinajstić information content (AvgIpc) is 2.64. The van der Waals surface area contributed by atoms with Crippen LogP contribution in [-0.4, -0.2) is 38.0 Å². The molecule has 1 aliphatic heterocycles. The molecule has 4 rings (SSSR count). The first kappa shape index (κ1) is 20.6. The van der Waals surface area contributed by atoms with Crippen LogP contribution in [0.25, 0.3) is 22.3 Å². The summed E-state index contributed by atoms with van der Waals surface area (Å²) in [5, 5.41) is 5.96. The van der Waals surface area contributed by atoms with Gasteiger partial charge in [0.2, 0.25) is 0 Å². The van der Waals surface area contributed by atoms with E-state index in [1.807, 2.05) is 6.92 Å². The van der Waals surface area contributed by atoms with Crippen molar-refractivity contribution < 1.29 is 12.8 Å². The summed E-state index contributed by atoms with van der Waals surface area (Å²) < 4.78 is 37.7. The number of fused-ring (bicyclic) bond motifs is 1. The molecule has 0 saturated carbocycles. The van der Waals surface area contributed by atoms with Crippen LogP contribution in [0.5, 0.6) is 0 Å². The molecule has 0 unspecified atom stereocenters. The number of aromatic nitrogens is 2. The summed E-state index contributed by atoms with van der Waals surface area (Å²) in [6.07, 6.45) is 0.707. The van der Waals surface area contributed by atoms with Gasteiger partial charge in [0.05, 0.1) is 5.52 Å². The first-order valence-electron chi connectivity index (χ1n) is 9.77. The van der Waals surface area contributed by atoms with E-state index in [2.05, 4.69) is 28.7 Å². The van der Waals surface area contributed by atoms with E-state index in [0.29, 0.717) is 24.7 Å². The van der Waals surface area contributed by atoms with Crippen LogP contribution < -0.4 is 14.8 Å². The molecule has 0 bridgehead atoms. The average molecular weight is 430 g/mol. The number of benzene rings is 2. The molecule has 1 saturated heterocycles. The smallest absolute Gasteiger partial charge is 0.274 e. The van der Waals surface area contributed by atoms with E-state index >= 15 is 0 Å². The Morgan fingerprint density at radius 2 is 1.80 bits per heavy atom. The first-order valence-corrected chi connectivity index (χ1v) is 11.3. The monoisotopic (exact) mass is 429 g/mol. The third-order valence-electron chi connectivity index (χ3n) is 5.51. The van der Waals surface area contributed by atoms with Crippen molar-refractivity contribution in [1.82, 2.24) is 14.7 Å². The third kappa shape index (κ3) is 4.43. The normalized spacial score (nSPS) is 14.9. The van der Waals surface area contributed by atoms with Crippen molar-refractivity contribution in [2.24, 2.45) is 11.1 Å². The molecule has 158 valence electrons. The molecule has 2 heterocycles. The van der Waals surface area contributed by atoms with E-state index in [-0.39, 0.29) is 5.82 Å². The number of anilines is 1. The van der Waals surface area contributed by atoms with Gasteiger partial charge in [-0.3, -0.25) is 0 Å². The Kier molecular flexibility index (Phi) is 5.44. The lowest BCUT2D eigenvalue weighted by Gasteiger charge is -2.41. The summed E-state index contributed by atoms with van der Waals surface area (Å²) in [5.74, 6) is 1.45. The summed E-state index contributed by atoms with van der Waals surface area (Å²) in [6.45, 7) is 5.97. The van der Waals surface area contributed by atoms with Gasteiger partial charge in [0.1, 0.15) is 11.6 Å². The van der Waals surface area contributed by atoms with Crippen molar-refractivity contribution in [1.29, 1.82) is 0 Å². The predicted octanol–water partition coefficient (Wildman–Crippen LogP) is 2.67. The van der Waals surface area contributed by atoms with Crippen LogP contribution >= 0.6 is 0 Å². The summed E-state index contributed by atoms with van der Waals surface area (Å²) in [6, 6.07) is 10.3. The molecule has 7 nitrogen and oxygen atoms in total. The highest BCUT2D eigenvalue weighted by Crippen LogP contribution is 2.34. The summed E-state index contributed by atoms with van der Waals surface area (Å²) in [5.41, 5.74) is 3.91. The second kappa shape index (κ2) is 7.90. The number of halogens is 1. The van der Waals surface area contributed by atoms with Crippen molar-refractivity contribution in [2.45, 2.75) is 20.3 Å². The fraction of sp³-hybridized carbons (Fsp3) is 0.333. The number of aryl methyl sites for hydroxylation is 2. The number of hydrogen-bond donors (Lipinski definition) is 2. The maximum atomic E-state index is 13.3. The van der Waals surface area contributed by atoms with E-state index in [0.717, 1.165) is 46.5 Å². The van der Waals surface area contributed by atoms with E-state index < -0.39 is 10.2 Å². The van der Waals surface area contributed by atoms with Crippen molar-refractivity contribution in [3.63, 3.8) is 0 Å². The van der Waals surface area contributed by atoms with Gasteiger partial charge in [-0.1, -0.05) is 0 Å². The molecule has 0 atom stereocenters. The predicted molar refractivity (Wildman–Crippen MR) is 116 cm³/mol. The minimum Gasteiger partial charge on any atom is -0.355 e. The summed E-state index contributed by atoms with van der Waals surface area (Å²) in [7, 11) is -3.66. The lowest BCUT2D eigenvalue weighted by atomic mass is 9.95. The van der Waals surface area contributed by atoms with Crippen molar-refractivity contribution in [3.8, 4) is 11.4 Å². The van der Waals surface area contributed by atoms with Gasteiger partial charge >= 0.3 is 0 Å². The number of nitrogens with zero attached hydrogens (tertiary/aromatic N) is 3. The highest BCUT2D eigenvalue weighted by Gasteiger charge is 2.29. The van der Waals surface area contributed by atoms with Crippen molar-refractivity contribution >= 4 is 26.9 Å². The molecule has 30 heavy (non-hydrogen) atoms. The van der Waals surface area contributed by atoms with E-state index in [1.165, 1.54) is 12.1 Å². The molecule has 3 aromatic rings. The Hall–Kier alpha value is -2.62. The van der Waals surface area contributed by atoms with Crippen LogP contribution in [0.3, 0.4) is 0 Å². The zero-order chi connectivity index (χ0) is 21.5. The zero-order valence-electron chi connectivity index (χ0n) is 16.9. The molecule has 1 fully saturated rings. The number of hydrogen-bond acceptors (Lipinski definition) is 5. The first-order chi connectivity index (χ1) is 14.2. The van der Waals surface area contributed by atoms with Gasteiger partial charge in [-0.15, -0.1) is 0 Å². The van der Waals surface area contributed by atoms with Gasteiger partial charge in [-0.05, 0) is 73.7 Å². The minimum atomic E-state index is -3.66.